The summed E-state index contributed by atoms with van der Waals surface area (Å²) in [6, 6.07) is 0. The van der Waals surface area contributed by atoms with E-state index in [4.69, 9.17) is 9.84 Å². The molecule has 1 heterocycles. The molecule has 0 amide bonds. The molecule has 1 saturated heterocycles. The minimum absolute atomic E-state index is 0.122. The normalized spacial score (nSPS) is 23.0. The van der Waals surface area contributed by atoms with Crippen molar-refractivity contribution in [1.82, 2.24) is 10.2 Å². The Hall–Kier alpha value is -0.650. The molecule has 2 atom stereocenters. The number of carboxylic acids is 1. The van der Waals surface area contributed by atoms with Crippen molar-refractivity contribution < 1.29 is 14.6 Å². The minimum Gasteiger partial charge on any atom is -0.479 e. The minimum atomic E-state index is -0.910. The van der Waals surface area contributed by atoms with Gasteiger partial charge in [-0.05, 0) is 13.8 Å². The predicted molar refractivity (Wildman–Crippen MR) is 52.1 cm³/mol. The van der Waals surface area contributed by atoms with E-state index < -0.39 is 12.1 Å². The highest BCUT2D eigenvalue weighted by Crippen LogP contribution is 2.05. The molecular weight excluding hydrogens is 184 g/mol. The van der Waals surface area contributed by atoms with Crippen molar-refractivity contribution >= 4 is 5.97 Å². The van der Waals surface area contributed by atoms with E-state index in [1.165, 1.54) is 0 Å². The molecule has 0 saturated carbocycles. The quantitative estimate of drug-likeness (QED) is 0.657. The highest BCUT2D eigenvalue weighted by atomic mass is 16.5. The van der Waals surface area contributed by atoms with Gasteiger partial charge in [0, 0.05) is 26.2 Å². The van der Waals surface area contributed by atoms with E-state index in [2.05, 4.69) is 10.2 Å². The number of ether oxygens (including phenoxy) is 1. The Morgan fingerprint density at radius 2 is 2.00 bits per heavy atom. The number of nitrogens with one attached hydrogen (secondary N) is 1. The fourth-order valence-electron chi connectivity index (χ4n) is 1.49. The summed E-state index contributed by atoms with van der Waals surface area (Å²) >= 11 is 0. The third-order valence-electron chi connectivity index (χ3n) is 2.41. The molecule has 0 radical (unpaired) electrons. The predicted octanol–water partition coefficient (Wildman–Crippen LogP) is -0.273. The maximum Gasteiger partial charge on any atom is 0.332 e. The van der Waals surface area contributed by atoms with Gasteiger partial charge >= 0.3 is 5.97 Å². The topological polar surface area (TPSA) is 61.8 Å². The van der Waals surface area contributed by atoms with Gasteiger partial charge in [-0.15, -0.1) is 0 Å². The van der Waals surface area contributed by atoms with Gasteiger partial charge in [-0.2, -0.15) is 0 Å². The molecule has 0 aromatic heterocycles. The molecule has 1 rings (SSSR count). The van der Waals surface area contributed by atoms with E-state index in [-0.39, 0.29) is 6.23 Å². The van der Waals surface area contributed by atoms with E-state index in [1.54, 1.807) is 6.92 Å². The Morgan fingerprint density at radius 1 is 1.43 bits per heavy atom. The molecule has 0 aromatic rings. The molecule has 0 aliphatic carbocycles. The SMILES string of the molecule is CC(OC(C)N1CCNCC1)C(=O)O. The number of hydrogen-bond donors (Lipinski definition) is 2. The van der Waals surface area contributed by atoms with E-state index in [0.717, 1.165) is 26.2 Å². The lowest BCUT2D eigenvalue weighted by Crippen LogP contribution is -2.49. The van der Waals surface area contributed by atoms with Crippen LogP contribution in [0.15, 0.2) is 0 Å². The van der Waals surface area contributed by atoms with Crippen molar-refractivity contribution in [3.63, 3.8) is 0 Å². The monoisotopic (exact) mass is 202 g/mol. The summed E-state index contributed by atoms with van der Waals surface area (Å²) in [6.45, 7) is 7.15. The summed E-state index contributed by atoms with van der Waals surface area (Å²) in [6.07, 6.45) is -0.858. The second-order valence-electron chi connectivity index (χ2n) is 3.50. The Labute approximate surface area is 84.0 Å². The van der Waals surface area contributed by atoms with Crippen molar-refractivity contribution in [2.45, 2.75) is 26.2 Å². The van der Waals surface area contributed by atoms with Gasteiger partial charge in [0.25, 0.3) is 0 Å². The van der Waals surface area contributed by atoms with E-state index in [9.17, 15) is 4.79 Å². The van der Waals surface area contributed by atoms with Gasteiger partial charge in [0.15, 0.2) is 6.10 Å². The van der Waals surface area contributed by atoms with Crippen molar-refractivity contribution in [2.75, 3.05) is 26.2 Å². The molecule has 1 aliphatic heterocycles. The van der Waals surface area contributed by atoms with Crippen LogP contribution in [0.1, 0.15) is 13.8 Å². The van der Waals surface area contributed by atoms with Crippen LogP contribution in [0.25, 0.3) is 0 Å². The average Bonchev–Trinajstić information content (AvgIpc) is 2.19. The zero-order valence-electron chi connectivity index (χ0n) is 8.69. The van der Waals surface area contributed by atoms with Crippen molar-refractivity contribution in [3.05, 3.63) is 0 Å². The highest BCUT2D eigenvalue weighted by molar-refractivity contribution is 5.71. The maximum absolute atomic E-state index is 10.6. The Bertz CT molecular complexity index is 192. The first-order chi connectivity index (χ1) is 6.61. The summed E-state index contributed by atoms with van der Waals surface area (Å²) in [7, 11) is 0. The van der Waals surface area contributed by atoms with Gasteiger partial charge in [0.1, 0.15) is 6.23 Å². The van der Waals surface area contributed by atoms with Gasteiger partial charge in [0.05, 0.1) is 0 Å². The molecule has 82 valence electrons. The zero-order valence-corrected chi connectivity index (χ0v) is 8.69. The lowest BCUT2D eigenvalue weighted by molar-refractivity contribution is -0.160. The third kappa shape index (κ3) is 3.25. The number of hydrogen-bond acceptors (Lipinski definition) is 4. The molecule has 0 bridgehead atoms. The van der Waals surface area contributed by atoms with Crippen molar-refractivity contribution in [3.8, 4) is 0 Å². The average molecular weight is 202 g/mol. The molecule has 1 aliphatic rings. The molecule has 5 heteroatoms. The number of rotatable bonds is 4. The largest absolute Gasteiger partial charge is 0.479 e. The van der Waals surface area contributed by atoms with E-state index in [1.807, 2.05) is 6.92 Å². The third-order valence-corrected chi connectivity index (χ3v) is 2.41. The first-order valence-corrected chi connectivity index (χ1v) is 4.94. The fraction of sp³-hybridized carbons (Fsp3) is 0.889. The number of nitrogens with zero attached hydrogens (tertiary/aromatic N) is 1. The molecule has 0 aromatic carbocycles. The summed E-state index contributed by atoms with van der Waals surface area (Å²) in [5.41, 5.74) is 0. The van der Waals surface area contributed by atoms with Crippen LogP contribution in [-0.4, -0.2) is 54.5 Å². The number of aliphatic carboxylic acids is 1. The molecule has 14 heavy (non-hydrogen) atoms. The number of piperazine rings is 1. The van der Waals surface area contributed by atoms with Crippen LogP contribution in [0.5, 0.6) is 0 Å². The van der Waals surface area contributed by atoms with Crippen LogP contribution < -0.4 is 5.32 Å². The summed E-state index contributed by atoms with van der Waals surface area (Å²) in [4.78, 5) is 12.7. The second kappa shape index (κ2) is 5.29. The van der Waals surface area contributed by atoms with Crippen LogP contribution in [-0.2, 0) is 9.53 Å². The molecule has 0 spiro atoms. The van der Waals surface area contributed by atoms with Gasteiger partial charge < -0.3 is 15.2 Å². The smallest absolute Gasteiger partial charge is 0.332 e. The Morgan fingerprint density at radius 3 is 2.50 bits per heavy atom. The highest BCUT2D eigenvalue weighted by Gasteiger charge is 2.21. The van der Waals surface area contributed by atoms with Crippen molar-refractivity contribution in [2.24, 2.45) is 0 Å². The molecule has 2 N–H and O–H groups in total. The lowest BCUT2D eigenvalue weighted by atomic mass is 10.3. The van der Waals surface area contributed by atoms with Crippen LogP contribution >= 0.6 is 0 Å². The number of carboxylic acid groups (broad SMARTS) is 1. The fourth-order valence-corrected chi connectivity index (χ4v) is 1.49. The summed E-state index contributed by atoms with van der Waals surface area (Å²) in [5.74, 6) is -0.910. The molecule has 1 fully saturated rings. The Balaban J connectivity index is 2.32. The molecule has 5 nitrogen and oxygen atoms in total. The first-order valence-electron chi connectivity index (χ1n) is 4.94. The van der Waals surface area contributed by atoms with Gasteiger partial charge in [-0.1, -0.05) is 0 Å². The molecular formula is C9H18N2O3. The maximum atomic E-state index is 10.6. The van der Waals surface area contributed by atoms with Gasteiger partial charge in [-0.3, -0.25) is 4.90 Å². The van der Waals surface area contributed by atoms with Crippen molar-refractivity contribution in [1.29, 1.82) is 0 Å². The standard InChI is InChI=1S/C9H18N2O3/c1-7(9(12)13)14-8(2)11-5-3-10-4-6-11/h7-8,10H,3-6H2,1-2H3,(H,12,13). The summed E-state index contributed by atoms with van der Waals surface area (Å²) < 4.78 is 5.35. The first kappa shape index (κ1) is 11.4. The molecule has 2 unspecified atom stereocenters. The summed E-state index contributed by atoms with van der Waals surface area (Å²) in [5, 5.41) is 11.9. The van der Waals surface area contributed by atoms with Crippen LogP contribution in [0.4, 0.5) is 0 Å². The zero-order chi connectivity index (χ0) is 10.6. The van der Waals surface area contributed by atoms with E-state index in [0.29, 0.717) is 0 Å². The van der Waals surface area contributed by atoms with Crippen LogP contribution in [0.2, 0.25) is 0 Å². The number of carbonyl (C=O) groups is 1. The van der Waals surface area contributed by atoms with Gasteiger partial charge in [0.2, 0.25) is 0 Å². The Kier molecular flexibility index (Phi) is 4.31. The second-order valence-corrected chi connectivity index (χ2v) is 3.50. The van der Waals surface area contributed by atoms with E-state index >= 15 is 0 Å². The van der Waals surface area contributed by atoms with Crippen LogP contribution in [0.3, 0.4) is 0 Å². The van der Waals surface area contributed by atoms with Gasteiger partial charge in [-0.25, -0.2) is 4.79 Å². The lowest BCUT2D eigenvalue weighted by Gasteiger charge is -2.33. The van der Waals surface area contributed by atoms with Crippen LogP contribution in [0, 0.1) is 0 Å².